The molecule has 1 aromatic heterocycles. The van der Waals surface area contributed by atoms with Gasteiger partial charge in [-0.2, -0.15) is 0 Å². The number of nitrogens with zero attached hydrogens (tertiary/aromatic N) is 2. The van der Waals surface area contributed by atoms with E-state index in [2.05, 4.69) is 27.8 Å². The number of thiocarbonyl (C=S) groups is 1. The molecule has 0 amide bonds. The van der Waals surface area contributed by atoms with E-state index in [-0.39, 0.29) is 11.1 Å². The minimum Gasteiger partial charge on any atom is -0.362 e. The van der Waals surface area contributed by atoms with Crippen LogP contribution in [0.25, 0.3) is 0 Å². The minimum atomic E-state index is -0.483. The molecule has 1 heterocycles. The Kier molecular flexibility index (Phi) is 5.68. The van der Waals surface area contributed by atoms with Crippen molar-refractivity contribution in [1.82, 2.24) is 10.3 Å². The molecule has 0 radical (unpaired) electrons. The molecule has 0 atom stereocenters. The van der Waals surface area contributed by atoms with Gasteiger partial charge in [0.15, 0.2) is 5.11 Å². The van der Waals surface area contributed by atoms with Gasteiger partial charge in [-0.15, -0.1) is 0 Å². The first-order valence-corrected chi connectivity index (χ1v) is 9.18. The molecule has 26 heavy (non-hydrogen) atoms. The molecule has 0 aliphatic heterocycles. The van der Waals surface area contributed by atoms with Crippen molar-refractivity contribution in [1.29, 1.82) is 0 Å². The van der Waals surface area contributed by atoms with Crippen LogP contribution >= 0.6 is 23.8 Å². The van der Waals surface area contributed by atoms with E-state index in [1.807, 2.05) is 12.1 Å². The fourth-order valence-electron chi connectivity index (χ4n) is 3.40. The zero-order chi connectivity index (χ0) is 18.6. The maximum Gasteiger partial charge on any atom is 0.287 e. The summed E-state index contributed by atoms with van der Waals surface area (Å²) in [6, 6.07) is 11.0. The lowest BCUT2D eigenvalue weighted by Crippen LogP contribution is -2.40. The number of hydrogen-bond acceptors (Lipinski definition) is 4. The van der Waals surface area contributed by atoms with E-state index in [4.69, 9.17) is 23.8 Å². The molecule has 2 aromatic rings. The quantitative estimate of drug-likeness (QED) is 0.446. The highest BCUT2D eigenvalue weighted by molar-refractivity contribution is 7.80. The topological polar surface area (TPSA) is 80.1 Å². The van der Waals surface area contributed by atoms with Crippen LogP contribution in [0.1, 0.15) is 31.2 Å². The second-order valence-electron chi connectivity index (χ2n) is 6.46. The van der Waals surface area contributed by atoms with Gasteiger partial charge in [0.25, 0.3) is 5.69 Å². The van der Waals surface area contributed by atoms with E-state index < -0.39 is 4.92 Å². The van der Waals surface area contributed by atoms with Crippen molar-refractivity contribution in [2.45, 2.75) is 31.1 Å². The number of halogens is 1. The van der Waals surface area contributed by atoms with E-state index >= 15 is 0 Å². The van der Waals surface area contributed by atoms with Gasteiger partial charge in [0.2, 0.25) is 0 Å². The summed E-state index contributed by atoms with van der Waals surface area (Å²) in [5.41, 5.74) is 1.25. The molecule has 0 spiro atoms. The average molecular weight is 391 g/mol. The molecule has 1 saturated carbocycles. The summed E-state index contributed by atoms with van der Waals surface area (Å²) in [4.78, 5) is 14.2. The Balaban J connectivity index is 1.63. The number of nitrogens with one attached hydrogen (secondary N) is 2. The highest BCUT2D eigenvalue weighted by Crippen LogP contribution is 2.40. The first-order chi connectivity index (χ1) is 12.5. The summed E-state index contributed by atoms with van der Waals surface area (Å²) in [5, 5.41) is 18.1. The van der Waals surface area contributed by atoms with Crippen LogP contribution in [0.3, 0.4) is 0 Å². The number of pyridine rings is 1. The maximum absolute atomic E-state index is 10.7. The number of aromatic nitrogens is 1. The first-order valence-electron chi connectivity index (χ1n) is 8.40. The summed E-state index contributed by atoms with van der Waals surface area (Å²) >= 11 is 11.4. The van der Waals surface area contributed by atoms with E-state index in [9.17, 15) is 10.1 Å². The molecule has 8 heteroatoms. The normalized spacial score (nSPS) is 15.4. The molecular formula is C18H19ClN4O2S. The van der Waals surface area contributed by atoms with Gasteiger partial charge in [-0.25, -0.2) is 4.98 Å². The second-order valence-corrected chi connectivity index (χ2v) is 7.31. The number of hydrogen-bond donors (Lipinski definition) is 2. The van der Waals surface area contributed by atoms with Crippen LogP contribution < -0.4 is 10.6 Å². The Hall–Kier alpha value is -2.25. The molecule has 2 N–H and O–H groups in total. The Labute approximate surface area is 162 Å². The van der Waals surface area contributed by atoms with Crippen LogP contribution in [-0.2, 0) is 5.41 Å². The SMILES string of the molecule is O=[N+]([O-])c1ccc(NC(=S)NCC2(c3ccc(Cl)cc3)CCCC2)nc1. The van der Waals surface area contributed by atoms with Crippen LogP contribution in [0.15, 0.2) is 42.6 Å². The monoisotopic (exact) mass is 390 g/mol. The second kappa shape index (κ2) is 7.97. The van der Waals surface area contributed by atoms with Crippen molar-refractivity contribution >= 4 is 40.4 Å². The van der Waals surface area contributed by atoms with Crippen molar-refractivity contribution in [3.63, 3.8) is 0 Å². The highest BCUT2D eigenvalue weighted by Gasteiger charge is 2.35. The van der Waals surface area contributed by atoms with E-state index in [0.29, 0.717) is 17.5 Å². The fraction of sp³-hybridized carbons (Fsp3) is 0.333. The largest absolute Gasteiger partial charge is 0.362 e. The van der Waals surface area contributed by atoms with Crippen molar-refractivity contribution in [2.75, 3.05) is 11.9 Å². The summed E-state index contributed by atoms with van der Waals surface area (Å²) in [5.74, 6) is 0.472. The molecule has 6 nitrogen and oxygen atoms in total. The van der Waals surface area contributed by atoms with E-state index in [0.717, 1.165) is 17.9 Å². The van der Waals surface area contributed by atoms with Crippen LogP contribution in [0.5, 0.6) is 0 Å². The molecule has 1 aliphatic carbocycles. The van der Waals surface area contributed by atoms with Gasteiger partial charge in [-0.1, -0.05) is 36.6 Å². The van der Waals surface area contributed by atoms with Crippen molar-refractivity contribution < 1.29 is 4.92 Å². The third kappa shape index (κ3) is 4.28. The lowest BCUT2D eigenvalue weighted by atomic mass is 9.79. The van der Waals surface area contributed by atoms with Gasteiger partial charge >= 0.3 is 0 Å². The van der Waals surface area contributed by atoms with Gasteiger partial charge in [-0.3, -0.25) is 10.1 Å². The van der Waals surface area contributed by atoms with Crippen molar-refractivity contribution in [3.05, 3.63) is 63.3 Å². The molecule has 136 valence electrons. The third-order valence-corrected chi connectivity index (χ3v) is 5.30. The molecule has 1 fully saturated rings. The van der Waals surface area contributed by atoms with Crippen LogP contribution in [-0.4, -0.2) is 21.6 Å². The summed E-state index contributed by atoms with van der Waals surface area (Å²) in [7, 11) is 0. The molecule has 0 saturated heterocycles. The predicted octanol–water partition coefficient (Wildman–Crippen LogP) is 4.44. The van der Waals surface area contributed by atoms with Crippen molar-refractivity contribution in [3.8, 4) is 0 Å². The van der Waals surface area contributed by atoms with Crippen LogP contribution in [0, 0.1) is 10.1 Å². The Bertz CT molecular complexity index is 790. The lowest BCUT2D eigenvalue weighted by Gasteiger charge is -2.30. The van der Waals surface area contributed by atoms with Crippen LogP contribution in [0.4, 0.5) is 11.5 Å². The molecule has 0 unspecified atom stereocenters. The van der Waals surface area contributed by atoms with Gasteiger partial charge in [0, 0.05) is 23.0 Å². The Morgan fingerprint density at radius 1 is 1.23 bits per heavy atom. The zero-order valence-electron chi connectivity index (χ0n) is 14.1. The summed E-state index contributed by atoms with van der Waals surface area (Å²) < 4.78 is 0. The maximum atomic E-state index is 10.7. The van der Waals surface area contributed by atoms with Gasteiger partial charge in [-0.05, 0) is 48.8 Å². The average Bonchev–Trinajstić information content (AvgIpc) is 3.11. The number of rotatable bonds is 5. The molecular weight excluding hydrogens is 372 g/mol. The summed E-state index contributed by atoms with van der Waals surface area (Å²) in [6.45, 7) is 0.716. The van der Waals surface area contributed by atoms with E-state index in [1.54, 1.807) is 0 Å². The standard InChI is InChI=1S/C18H19ClN4O2S/c19-14-5-3-13(4-6-14)18(9-1-2-10-18)12-21-17(26)22-16-8-7-15(11-20-16)23(24)25/h3-8,11H,1-2,9-10,12H2,(H2,20,21,22,26). The Morgan fingerprint density at radius 2 is 1.92 bits per heavy atom. The molecule has 3 rings (SSSR count). The lowest BCUT2D eigenvalue weighted by molar-refractivity contribution is -0.385. The van der Waals surface area contributed by atoms with Crippen molar-refractivity contribution in [2.24, 2.45) is 0 Å². The van der Waals surface area contributed by atoms with Gasteiger partial charge in [0.1, 0.15) is 12.0 Å². The number of nitro groups is 1. The minimum absolute atomic E-state index is 0.0409. The summed E-state index contributed by atoms with van der Waals surface area (Å²) in [6.07, 6.45) is 5.78. The Morgan fingerprint density at radius 3 is 2.50 bits per heavy atom. The molecule has 1 aromatic carbocycles. The van der Waals surface area contributed by atoms with Gasteiger partial charge in [0.05, 0.1) is 4.92 Å². The zero-order valence-corrected chi connectivity index (χ0v) is 15.6. The van der Waals surface area contributed by atoms with E-state index in [1.165, 1.54) is 36.7 Å². The number of benzene rings is 1. The molecule has 1 aliphatic rings. The van der Waals surface area contributed by atoms with Gasteiger partial charge < -0.3 is 10.6 Å². The molecule has 0 bridgehead atoms. The number of anilines is 1. The fourth-order valence-corrected chi connectivity index (χ4v) is 3.70. The smallest absolute Gasteiger partial charge is 0.287 e. The third-order valence-electron chi connectivity index (χ3n) is 4.80. The predicted molar refractivity (Wildman–Crippen MR) is 107 cm³/mol. The van der Waals surface area contributed by atoms with Crippen LogP contribution in [0.2, 0.25) is 5.02 Å². The highest BCUT2D eigenvalue weighted by atomic mass is 35.5. The first kappa shape index (κ1) is 18.5.